The lowest BCUT2D eigenvalue weighted by Crippen LogP contribution is -2.42. The number of para-hydroxylation sites is 2. The third-order valence-corrected chi connectivity index (χ3v) is 13.0. The van der Waals surface area contributed by atoms with Gasteiger partial charge in [0.1, 0.15) is 5.75 Å². The number of hydrogen-bond acceptors (Lipinski definition) is 7. The molecule has 0 spiro atoms. The first kappa shape index (κ1) is 28.8. The molecule has 228 valence electrons. The highest BCUT2D eigenvalue weighted by atomic mass is 79.9. The molecular weight excluding hydrogens is 674 g/mol. The standard InChI is InChI=1S/C34H28BrN3O5S2/c1-16-6-2-4-8-22(16)36-24(39)15-43-23-9-5-3-7-19(23)25-26-20-14-21(29(26)44-31-30(25)45-34(42)37-31)28-27(20)32(40)38(33(28)41)18-12-10-17(35)11-13-18/h2-13,20-21,25-29H,14-15H2,1H3,(H,36,39)(H,37,42)/t20?,21?,25-,26?,27?,28?,29?/m1/s1. The topological polar surface area (TPSA) is 109 Å². The van der Waals surface area contributed by atoms with Gasteiger partial charge in [-0.05, 0) is 73.1 Å². The van der Waals surface area contributed by atoms with Gasteiger partial charge in [-0.3, -0.25) is 24.1 Å². The summed E-state index contributed by atoms with van der Waals surface area (Å²) in [5.74, 6) is -0.931. The molecule has 45 heavy (non-hydrogen) atoms. The van der Waals surface area contributed by atoms with Crippen LogP contribution in [0.3, 0.4) is 0 Å². The van der Waals surface area contributed by atoms with Gasteiger partial charge in [-0.25, -0.2) is 0 Å². The summed E-state index contributed by atoms with van der Waals surface area (Å²) in [5.41, 5.74) is 3.18. The van der Waals surface area contributed by atoms with Crippen LogP contribution in [0.1, 0.15) is 28.3 Å². The number of thioether (sulfide) groups is 1. The van der Waals surface area contributed by atoms with Crippen LogP contribution in [0.5, 0.6) is 5.75 Å². The molecule has 0 radical (unpaired) electrons. The van der Waals surface area contributed by atoms with E-state index in [9.17, 15) is 19.2 Å². The third kappa shape index (κ3) is 4.61. The second-order valence-electron chi connectivity index (χ2n) is 12.1. The highest BCUT2D eigenvalue weighted by Crippen LogP contribution is 2.69. The Hall–Kier alpha value is -3.67. The van der Waals surface area contributed by atoms with Gasteiger partial charge in [0.05, 0.1) is 22.5 Å². The molecule has 2 saturated carbocycles. The first-order chi connectivity index (χ1) is 21.8. The second-order valence-corrected chi connectivity index (χ2v) is 15.3. The number of halogens is 1. The maximum absolute atomic E-state index is 14.0. The average molecular weight is 703 g/mol. The van der Waals surface area contributed by atoms with Gasteiger partial charge in [0.2, 0.25) is 11.8 Å². The lowest BCUT2D eigenvalue weighted by atomic mass is 9.68. The molecule has 6 unspecified atom stereocenters. The molecule has 2 N–H and O–H groups in total. The highest BCUT2D eigenvalue weighted by molar-refractivity contribution is 9.10. The maximum Gasteiger partial charge on any atom is 0.305 e. The number of H-pyrrole nitrogens is 1. The minimum atomic E-state index is -0.402. The molecule has 1 saturated heterocycles. The van der Waals surface area contributed by atoms with E-state index >= 15 is 0 Å². The maximum atomic E-state index is 14.0. The van der Waals surface area contributed by atoms with Crippen LogP contribution in [-0.2, 0) is 14.4 Å². The summed E-state index contributed by atoms with van der Waals surface area (Å²) < 4.78 is 7.07. The van der Waals surface area contributed by atoms with E-state index in [2.05, 4.69) is 26.2 Å². The summed E-state index contributed by atoms with van der Waals surface area (Å²) in [5, 5.41) is 3.81. The number of aromatic amines is 1. The van der Waals surface area contributed by atoms with E-state index in [0.29, 0.717) is 11.4 Å². The van der Waals surface area contributed by atoms with Gasteiger partial charge in [0.25, 0.3) is 5.91 Å². The zero-order chi connectivity index (χ0) is 31.0. The number of carbonyl (C=O) groups is 3. The highest BCUT2D eigenvalue weighted by Gasteiger charge is 2.69. The lowest BCUT2D eigenvalue weighted by molar-refractivity contribution is -0.123. The summed E-state index contributed by atoms with van der Waals surface area (Å²) in [6.45, 7) is 1.76. The Morgan fingerprint density at radius 2 is 1.69 bits per heavy atom. The van der Waals surface area contributed by atoms with Crippen molar-refractivity contribution in [1.29, 1.82) is 0 Å². The molecule has 4 aromatic rings. The molecule has 2 aliphatic heterocycles. The monoisotopic (exact) mass is 701 g/mol. The number of nitrogens with one attached hydrogen (secondary N) is 2. The number of anilines is 2. The minimum Gasteiger partial charge on any atom is -0.483 e. The van der Waals surface area contributed by atoms with Crippen LogP contribution in [0, 0.1) is 36.5 Å². The molecule has 2 bridgehead atoms. The van der Waals surface area contributed by atoms with Crippen molar-refractivity contribution in [2.24, 2.45) is 29.6 Å². The van der Waals surface area contributed by atoms with Gasteiger partial charge in [-0.15, -0.1) is 11.8 Å². The van der Waals surface area contributed by atoms with Crippen LogP contribution in [0.2, 0.25) is 0 Å². The molecule has 8 rings (SSSR count). The minimum absolute atomic E-state index is 0.0129. The average Bonchev–Trinajstić information content (AvgIpc) is 3.77. The molecule has 3 aromatic carbocycles. The molecule has 1 aromatic heterocycles. The summed E-state index contributed by atoms with van der Waals surface area (Å²) in [7, 11) is 0. The second kappa shape index (κ2) is 11.0. The smallest absolute Gasteiger partial charge is 0.305 e. The van der Waals surface area contributed by atoms with Crippen LogP contribution in [0.15, 0.2) is 87.1 Å². The van der Waals surface area contributed by atoms with Gasteiger partial charge in [0, 0.05) is 31.8 Å². The predicted molar refractivity (Wildman–Crippen MR) is 177 cm³/mol. The Morgan fingerprint density at radius 1 is 0.978 bits per heavy atom. The summed E-state index contributed by atoms with van der Waals surface area (Å²) in [6.07, 6.45) is 0.793. The van der Waals surface area contributed by atoms with Gasteiger partial charge in [0.15, 0.2) is 6.61 Å². The molecule has 7 atom stereocenters. The van der Waals surface area contributed by atoms with Gasteiger partial charge < -0.3 is 15.0 Å². The molecule has 11 heteroatoms. The number of ether oxygens (including phenoxy) is 1. The van der Waals surface area contributed by atoms with E-state index in [1.807, 2.05) is 67.6 Å². The third-order valence-electron chi connectivity index (χ3n) is 9.84. The zero-order valence-corrected chi connectivity index (χ0v) is 27.3. The van der Waals surface area contributed by atoms with Crippen molar-refractivity contribution in [2.45, 2.75) is 29.5 Å². The molecular formula is C34H28BrN3O5S2. The van der Waals surface area contributed by atoms with Crippen LogP contribution in [0.25, 0.3) is 0 Å². The fraction of sp³-hybridized carbons (Fsp3) is 0.294. The van der Waals surface area contributed by atoms with E-state index in [-0.39, 0.29) is 64.0 Å². The lowest BCUT2D eigenvalue weighted by Gasteiger charge is -2.43. The van der Waals surface area contributed by atoms with Gasteiger partial charge in [-0.2, -0.15) is 0 Å². The number of thiazole rings is 1. The Morgan fingerprint density at radius 3 is 2.47 bits per heavy atom. The molecule has 8 nitrogen and oxygen atoms in total. The van der Waals surface area contributed by atoms with E-state index in [1.54, 1.807) is 23.9 Å². The molecule has 2 aliphatic carbocycles. The van der Waals surface area contributed by atoms with E-state index < -0.39 is 5.92 Å². The molecule has 4 aliphatic rings. The summed E-state index contributed by atoms with van der Waals surface area (Å²) in [6, 6.07) is 22.5. The molecule has 3 fully saturated rings. The summed E-state index contributed by atoms with van der Waals surface area (Å²) in [4.78, 5) is 58.7. The Kier molecular flexibility index (Phi) is 7.03. The number of aryl methyl sites for hydroxylation is 1. The van der Waals surface area contributed by atoms with Gasteiger partial charge >= 0.3 is 4.87 Å². The normalized spacial score (nSPS) is 27.7. The number of carbonyl (C=O) groups excluding carboxylic acids is 3. The van der Waals surface area contributed by atoms with Crippen molar-refractivity contribution < 1.29 is 19.1 Å². The number of aromatic nitrogens is 1. The predicted octanol–water partition coefficient (Wildman–Crippen LogP) is 6.20. The van der Waals surface area contributed by atoms with Crippen molar-refractivity contribution in [1.82, 2.24) is 4.98 Å². The number of benzene rings is 3. The number of imide groups is 1. The van der Waals surface area contributed by atoms with Crippen molar-refractivity contribution in [3.8, 4) is 5.75 Å². The van der Waals surface area contributed by atoms with Crippen LogP contribution >= 0.6 is 39.0 Å². The van der Waals surface area contributed by atoms with Crippen LogP contribution < -0.4 is 19.8 Å². The number of nitrogens with zero attached hydrogens (tertiary/aromatic N) is 1. The number of rotatable bonds is 6. The largest absolute Gasteiger partial charge is 0.483 e. The molecule has 3 amide bonds. The Labute approximate surface area is 275 Å². The Bertz CT molecular complexity index is 1920. The molecule has 3 heterocycles. The van der Waals surface area contributed by atoms with E-state index in [0.717, 1.165) is 37.6 Å². The SMILES string of the molecule is Cc1ccccc1NC(=O)COc1ccccc1[C@H]1c2sc(=O)[nH]c2SC2C3CC(C4C(=O)N(c5ccc(Br)cc5)C(=O)C34)C21. The fourth-order valence-electron chi connectivity index (χ4n) is 8.12. The Balaban J connectivity index is 1.13. The van der Waals surface area contributed by atoms with Crippen molar-refractivity contribution >= 4 is 68.1 Å². The fourth-order valence-corrected chi connectivity index (χ4v) is 11.3. The first-order valence-electron chi connectivity index (χ1n) is 14.9. The number of hydrogen-bond donors (Lipinski definition) is 2. The first-order valence-corrected chi connectivity index (χ1v) is 17.4. The van der Waals surface area contributed by atoms with E-state index in [1.165, 1.54) is 16.2 Å². The quantitative estimate of drug-likeness (QED) is 0.232. The number of fused-ring (bicyclic) bond motifs is 9. The van der Waals surface area contributed by atoms with Crippen LogP contribution in [0.4, 0.5) is 11.4 Å². The number of amides is 3. The van der Waals surface area contributed by atoms with Gasteiger partial charge in [-0.1, -0.05) is 63.7 Å². The van der Waals surface area contributed by atoms with Crippen molar-refractivity contribution in [3.05, 3.63) is 103 Å². The van der Waals surface area contributed by atoms with E-state index in [4.69, 9.17) is 4.74 Å². The van der Waals surface area contributed by atoms with Crippen LogP contribution in [-0.4, -0.2) is 34.6 Å². The van der Waals surface area contributed by atoms with Crippen molar-refractivity contribution in [3.63, 3.8) is 0 Å². The summed E-state index contributed by atoms with van der Waals surface area (Å²) >= 11 is 6.29. The zero-order valence-electron chi connectivity index (χ0n) is 24.1. The van der Waals surface area contributed by atoms with Crippen molar-refractivity contribution in [2.75, 3.05) is 16.8 Å².